The summed E-state index contributed by atoms with van der Waals surface area (Å²) in [5.41, 5.74) is 0. The van der Waals surface area contributed by atoms with Crippen molar-refractivity contribution < 1.29 is 15.3 Å². The van der Waals surface area contributed by atoms with E-state index in [0.29, 0.717) is 6.54 Å². The topological polar surface area (TPSA) is 63.9 Å². The molecule has 0 amide bonds. The second-order valence-corrected chi connectivity index (χ2v) is 5.36. The number of unbranched alkanes of at least 4 members (excludes halogenated alkanes) is 3. The van der Waals surface area contributed by atoms with E-state index in [2.05, 4.69) is 6.92 Å². The maximum Gasteiger partial charge on any atom is 0.0991 e. The fourth-order valence-electron chi connectivity index (χ4n) is 2.35. The molecule has 1 aliphatic rings. The van der Waals surface area contributed by atoms with Crippen LogP contribution in [0.2, 0.25) is 0 Å². The van der Waals surface area contributed by atoms with Gasteiger partial charge in [0.2, 0.25) is 0 Å². The Balaban J connectivity index is 2.45. The first-order valence-electron chi connectivity index (χ1n) is 6.47. The lowest BCUT2D eigenvalue weighted by atomic mass is 9.95. The van der Waals surface area contributed by atoms with Gasteiger partial charge in [-0.05, 0) is 13.0 Å². The Morgan fingerprint density at radius 1 is 1.18 bits per heavy atom. The summed E-state index contributed by atoms with van der Waals surface area (Å²) in [6, 6.07) is -0.387. The van der Waals surface area contributed by atoms with Gasteiger partial charge in [-0.1, -0.05) is 26.2 Å². The van der Waals surface area contributed by atoms with Gasteiger partial charge in [0.05, 0.1) is 30.2 Å². The zero-order valence-corrected chi connectivity index (χ0v) is 11.2. The molecule has 1 fully saturated rings. The van der Waals surface area contributed by atoms with Crippen LogP contribution >= 0.6 is 11.6 Å². The van der Waals surface area contributed by atoms with E-state index >= 15 is 0 Å². The van der Waals surface area contributed by atoms with E-state index in [4.69, 9.17) is 11.6 Å². The average Bonchev–Trinajstić information content (AvgIpc) is 2.32. The van der Waals surface area contributed by atoms with Crippen LogP contribution in [0.4, 0.5) is 0 Å². The minimum atomic E-state index is -0.956. The summed E-state index contributed by atoms with van der Waals surface area (Å²) < 4.78 is 0. The van der Waals surface area contributed by atoms with Gasteiger partial charge in [-0.25, -0.2) is 0 Å². The lowest BCUT2D eigenvalue weighted by Crippen LogP contribution is -2.61. The second-order valence-electron chi connectivity index (χ2n) is 4.80. The third-order valence-electron chi connectivity index (χ3n) is 3.48. The number of rotatable bonds is 6. The summed E-state index contributed by atoms with van der Waals surface area (Å²) in [7, 11) is 0. The highest BCUT2D eigenvalue weighted by atomic mass is 35.5. The quantitative estimate of drug-likeness (QED) is 0.485. The van der Waals surface area contributed by atoms with Crippen molar-refractivity contribution >= 4 is 11.6 Å². The van der Waals surface area contributed by atoms with Gasteiger partial charge in [-0.2, -0.15) is 0 Å². The highest BCUT2D eigenvalue weighted by Crippen LogP contribution is 2.22. The molecule has 0 radical (unpaired) electrons. The summed E-state index contributed by atoms with van der Waals surface area (Å²) in [4.78, 5) is 1.99. The first-order chi connectivity index (χ1) is 8.11. The molecule has 1 heterocycles. The van der Waals surface area contributed by atoms with Gasteiger partial charge in [0.1, 0.15) is 0 Å². The maximum absolute atomic E-state index is 9.84. The van der Waals surface area contributed by atoms with E-state index in [9.17, 15) is 15.3 Å². The number of aliphatic hydroxyl groups is 3. The van der Waals surface area contributed by atoms with Gasteiger partial charge in [0.25, 0.3) is 0 Å². The monoisotopic (exact) mass is 265 g/mol. The van der Waals surface area contributed by atoms with Crippen molar-refractivity contribution in [3.63, 3.8) is 0 Å². The summed E-state index contributed by atoms with van der Waals surface area (Å²) in [6.45, 7) is 3.36. The van der Waals surface area contributed by atoms with Crippen molar-refractivity contribution in [3.05, 3.63) is 0 Å². The summed E-state index contributed by atoms with van der Waals surface area (Å²) in [5.74, 6) is 0. The number of halogens is 1. The van der Waals surface area contributed by atoms with Crippen LogP contribution in [0.1, 0.15) is 32.6 Å². The summed E-state index contributed by atoms with van der Waals surface area (Å²) in [6.07, 6.45) is 2.67. The molecule has 3 N–H and O–H groups in total. The first kappa shape index (κ1) is 15.2. The Hall–Kier alpha value is 0.130. The SMILES string of the molecule is CCCCCCN1C[C@H](Cl)[C@@H](O)[C@H](O)[C@H]1CO. The number of piperidine rings is 1. The highest BCUT2D eigenvalue weighted by Gasteiger charge is 2.40. The Morgan fingerprint density at radius 3 is 2.47 bits per heavy atom. The Kier molecular flexibility index (Phi) is 6.74. The summed E-state index contributed by atoms with van der Waals surface area (Å²) in [5, 5.41) is 28.3. The van der Waals surface area contributed by atoms with Crippen molar-refractivity contribution in [1.29, 1.82) is 0 Å². The van der Waals surface area contributed by atoms with Crippen LogP contribution in [-0.4, -0.2) is 63.5 Å². The molecule has 1 rings (SSSR count). The fourth-order valence-corrected chi connectivity index (χ4v) is 2.67. The van der Waals surface area contributed by atoms with Crippen molar-refractivity contribution in [3.8, 4) is 0 Å². The molecule has 1 saturated heterocycles. The smallest absolute Gasteiger partial charge is 0.0991 e. The van der Waals surface area contributed by atoms with E-state index in [0.717, 1.165) is 19.4 Å². The molecule has 4 nitrogen and oxygen atoms in total. The molecule has 0 aliphatic carbocycles. The van der Waals surface area contributed by atoms with Crippen molar-refractivity contribution in [2.24, 2.45) is 0 Å². The van der Waals surface area contributed by atoms with Gasteiger partial charge in [-0.3, -0.25) is 4.90 Å². The third-order valence-corrected chi connectivity index (χ3v) is 3.87. The third kappa shape index (κ3) is 4.07. The molecule has 102 valence electrons. The number of alkyl halides is 1. The second kappa shape index (κ2) is 7.54. The zero-order chi connectivity index (χ0) is 12.8. The lowest BCUT2D eigenvalue weighted by Gasteiger charge is -2.43. The van der Waals surface area contributed by atoms with Crippen molar-refractivity contribution in [2.45, 2.75) is 56.2 Å². The number of hydrogen-bond acceptors (Lipinski definition) is 4. The van der Waals surface area contributed by atoms with Gasteiger partial charge >= 0.3 is 0 Å². The van der Waals surface area contributed by atoms with E-state index in [1.165, 1.54) is 12.8 Å². The predicted molar refractivity (Wildman–Crippen MR) is 68.2 cm³/mol. The standard InChI is InChI=1S/C12H24ClNO3/c1-2-3-4-5-6-14-7-9(13)11(16)12(17)10(14)8-15/h9-12,15-17H,2-8H2,1H3/t9-,10+,11+,12+/m0/s1. The normalized spacial score (nSPS) is 35.1. The average molecular weight is 266 g/mol. The molecule has 0 unspecified atom stereocenters. The molecule has 0 aromatic rings. The molecule has 0 aromatic carbocycles. The van der Waals surface area contributed by atoms with Crippen LogP contribution in [0, 0.1) is 0 Å². The van der Waals surface area contributed by atoms with Gasteiger partial charge in [0.15, 0.2) is 0 Å². The Morgan fingerprint density at radius 2 is 1.88 bits per heavy atom. The maximum atomic E-state index is 9.84. The fraction of sp³-hybridized carbons (Fsp3) is 1.00. The van der Waals surface area contributed by atoms with Crippen molar-refractivity contribution in [1.82, 2.24) is 4.90 Å². The minimum Gasteiger partial charge on any atom is -0.395 e. The van der Waals surface area contributed by atoms with Crippen LogP contribution in [0.3, 0.4) is 0 Å². The van der Waals surface area contributed by atoms with Gasteiger partial charge in [-0.15, -0.1) is 11.6 Å². The molecular formula is C12H24ClNO3. The van der Waals surface area contributed by atoms with E-state index in [1.807, 2.05) is 4.90 Å². The number of aliphatic hydroxyl groups excluding tert-OH is 3. The van der Waals surface area contributed by atoms with Crippen LogP contribution in [-0.2, 0) is 0 Å². The number of nitrogens with zero attached hydrogens (tertiary/aromatic N) is 1. The first-order valence-corrected chi connectivity index (χ1v) is 6.90. The van der Waals surface area contributed by atoms with Gasteiger partial charge in [0, 0.05) is 6.54 Å². The van der Waals surface area contributed by atoms with Crippen LogP contribution < -0.4 is 0 Å². The zero-order valence-electron chi connectivity index (χ0n) is 10.4. The van der Waals surface area contributed by atoms with Crippen molar-refractivity contribution in [2.75, 3.05) is 19.7 Å². The van der Waals surface area contributed by atoms with E-state index in [1.54, 1.807) is 0 Å². The number of hydrogen-bond donors (Lipinski definition) is 3. The molecule has 0 saturated carbocycles. The lowest BCUT2D eigenvalue weighted by molar-refractivity contribution is -0.0871. The number of likely N-dealkylation sites (tertiary alicyclic amines) is 1. The van der Waals surface area contributed by atoms with Crippen LogP contribution in [0.25, 0.3) is 0 Å². The van der Waals surface area contributed by atoms with E-state index in [-0.39, 0.29) is 12.6 Å². The Bertz CT molecular complexity index is 218. The largest absolute Gasteiger partial charge is 0.395 e. The minimum absolute atomic E-state index is 0.143. The molecule has 0 aromatic heterocycles. The van der Waals surface area contributed by atoms with Crippen LogP contribution in [0.5, 0.6) is 0 Å². The van der Waals surface area contributed by atoms with E-state index < -0.39 is 17.6 Å². The highest BCUT2D eigenvalue weighted by molar-refractivity contribution is 6.21. The predicted octanol–water partition coefficient (Wildman–Crippen LogP) is 0.572. The van der Waals surface area contributed by atoms with Gasteiger partial charge < -0.3 is 15.3 Å². The Labute approximate surface area is 108 Å². The molecular weight excluding hydrogens is 242 g/mol. The molecule has 1 aliphatic heterocycles. The molecule has 0 bridgehead atoms. The molecule has 17 heavy (non-hydrogen) atoms. The molecule has 0 spiro atoms. The molecule has 5 heteroatoms. The van der Waals surface area contributed by atoms with Crippen LogP contribution in [0.15, 0.2) is 0 Å². The summed E-state index contributed by atoms with van der Waals surface area (Å²) >= 11 is 5.99. The molecule has 4 atom stereocenters.